The summed E-state index contributed by atoms with van der Waals surface area (Å²) in [5, 5.41) is 3.59. The van der Waals surface area contributed by atoms with E-state index in [4.69, 9.17) is 4.74 Å². The van der Waals surface area contributed by atoms with E-state index in [0.717, 1.165) is 39.3 Å². The number of rotatable bonds is 7. The Hall–Kier alpha value is -1.06. The molecule has 3 nitrogen and oxygen atoms in total. The molecule has 118 valence electrons. The van der Waals surface area contributed by atoms with E-state index < -0.39 is 0 Å². The van der Waals surface area contributed by atoms with Gasteiger partial charge in [0.1, 0.15) is 0 Å². The molecule has 0 saturated carbocycles. The van der Waals surface area contributed by atoms with Crippen molar-refractivity contribution in [1.29, 1.82) is 0 Å². The molecule has 1 unspecified atom stereocenters. The molecule has 1 saturated heterocycles. The van der Waals surface area contributed by atoms with Gasteiger partial charge < -0.3 is 15.0 Å². The van der Waals surface area contributed by atoms with Crippen LogP contribution in [0.15, 0.2) is 18.2 Å². The number of aryl methyl sites for hydroxylation is 2. The predicted molar refractivity (Wildman–Crippen MR) is 90.2 cm³/mol. The van der Waals surface area contributed by atoms with Crippen LogP contribution in [0.5, 0.6) is 0 Å². The zero-order valence-corrected chi connectivity index (χ0v) is 14.0. The average Bonchev–Trinajstić information content (AvgIpc) is 2.87. The molecule has 1 fully saturated rings. The first-order valence-corrected chi connectivity index (χ1v) is 8.13. The number of nitrogens with one attached hydrogen (secondary N) is 1. The number of ether oxygens (including phenoxy) is 1. The Kier molecular flexibility index (Phi) is 5.65. The van der Waals surface area contributed by atoms with E-state index in [0.29, 0.717) is 0 Å². The van der Waals surface area contributed by atoms with Gasteiger partial charge in [0.05, 0.1) is 6.61 Å². The molecule has 0 aromatic heterocycles. The molecule has 0 spiro atoms. The Labute approximate surface area is 129 Å². The molecule has 21 heavy (non-hydrogen) atoms. The topological polar surface area (TPSA) is 24.5 Å². The van der Waals surface area contributed by atoms with Gasteiger partial charge in [-0.15, -0.1) is 0 Å². The molecule has 3 heteroatoms. The molecule has 1 N–H and O–H groups in total. The summed E-state index contributed by atoms with van der Waals surface area (Å²) in [5.41, 5.74) is 4.27. The highest BCUT2D eigenvalue weighted by Gasteiger charge is 2.35. The van der Waals surface area contributed by atoms with E-state index in [1.807, 2.05) is 0 Å². The largest absolute Gasteiger partial charge is 0.381 e. The average molecular weight is 290 g/mol. The molecular formula is C18H30N2O. The van der Waals surface area contributed by atoms with Gasteiger partial charge >= 0.3 is 0 Å². The van der Waals surface area contributed by atoms with E-state index in [1.54, 1.807) is 0 Å². The maximum Gasteiger partial charge on any atom is 0.0552 e. The highest BCUT2D eigenvalue weighted by Crippen LogP contribution is 2.31. The van der Waals surface area contributed by atoms with E-state index in [9.17, 15) is 0 Å². The molecular weight excluding hydrogens is 260 g/mol. The zero-order valence-electron chi connectivity index (χ0n) is 14.0. The van der Waals surface area contributed by atoms with Crippen LogP contribution in [-0.4, -0.2) is 39.9 Å². The van der Waals surface area contributed by atoms with Gasteiger partial charge in [-0.1, -0.05) is 24.6 Å². The number of anilines is 1. The molecule has 0 bridgehead atoms. The fraction of sp³-hybridized carbons (Fsp3) is 0.667. The quantitative estimate of drug-likeness (QED) is 0.781. The van der Waals surface area contributed by atoms with Gasteiger partial charge in [-0.2, -0.15) is 0 Å². The van der Waals surface area contributed by atoms with Crippen molar-refractivity contribution in [2.75, 3.05) is 44.8 Å². The van der Waals surface area contributed by atoms with Gasteiger partial charge in [-0.05, 0) is 44.9 Å². The lowest BCUT2D eigenvalue weighted by molar-refractivity contribution is 0.152. The smallest absolute Gasteiger partial charge is 0.0552 e. The summed E-state index contributed by atoms with van der Waals surface area (Å²) in [4.78, 5) is 2.40. The standard InChI is InChI=1S/C18H30N2O/c1-5-9-19-12-18(8-10-21-14-18)13-20(4)17-7-6-15(2)11-16(17)3/h6-7,11,19H,5,8-10,12-14H2,1-4H3. The summed E-state index contributed by atoms with van der Waals surface area (Å²) < 4.78 is 5.71. The van der Waals surface area contributed by atoms with Crippen molar-refractivity contribution in [3.8, 4) is 0 Å². The number of hydrogen-bond acceptors (Lipinski definition) is 3. The van der Waals surface area contributed by atoms with Crippen LogP contribution < -0.4 is 10.2 Å². The fourth-order valence-electron chi connectivity index (χ4n) is 3.32. The Morgan fingerprint density at radius 1 is 1.33 bits per heavy atom. The molecule has 1 heterocycles. The third-order valence-electron chi connectivity index (χ3n) is 4.45. The fourth-order valence-corrected chi connectivity index (χ4v) is 3.32. The summed E-state index contributed by atoms with van der Waals surface area (Å²) in [5.74, 6) is 0. The Balaban J connectivity index is 2.05. The van der Waals surface area contributed by atoms with Crippen molar-refractivity contribution in [1.82, 2.24) is 5.32 Å². The Morgan fingerprint density at radius 3 is 2.76 bits per heavy atom. The number of hydrogen-bond donors (Lipinski definition) is 1. The molecule has 1 atom stereocenters. The highest BCUT2D eigenvalue weighted by molar-refractivity contribution is 5.54. The summed E-state index contributed by atoms with van der Waals surface area (Å²) in [6.07, 6.45) is 2.34. The van der Waals surface area contributed by atoms with Gasteiger partial charge in [-0.3, -0.25) is 0 Å². The maximum absolute atomic E-state index is 5.71. The number of benzene rings is 1. The molecule has 1 aliphatic rings. The minimum Gasteiger partial charge on any atom is -0.381 e. The van der Waals surface area contributed by atoms with Crippen LogP contribution >= 0.6 is 0 Å². The first-order valence-electron chi connectivity index (χ1n) is 8.13. The first kappa shape index (κ1) is 16.3. The molecule has 1 aromatic carbocycles. The van der Waals surface area contributed by atoms with Gasteiger partial charge in [0.2, 0.25) is 0 Å². The molecule has 2 rings (SSSR count). The molecule has 1 aliphatic heterocycles. The summed E-state index contributed by atoms with van der Waals surface area (Å²) in [7, 11) is 2.21. The van der Waals surface area contributed by atoms with Gasteiger partial charge in [0.25, 0.3) is 0 Å². The van der Waals surface area contributed by atoms with Crippen LogP contribution in [0.1, 0.15) is 30.9 Å². The summed E-state index contributed by atoms with van der Waals surface area (Å²) in [6.45, 7) is 11.5. The third-order valence-corrected chi connectivity index (χ3v) is 4.45. The van der Waals surface area contributed by atoms with Crippen molar-refractivity contribution in [2.45, 2.75) is 33.6 Å². The molecule has 0 aliphatic carbocycles. The van der Waals surface area contributed by atoms with Gasteiger partial charge in [-0.25, -0.2) is 0 Å². The minimum absolute atomic E-state index is 0.251. The van der Waals surface area contributed by atoms with Crippen molar-refractivity contribution in [3.63, 3.8) is 0 Å². The lowest BCUT2D eigenvalue weighted by Crippen LogP contribution is -2.44. The van der Waals surface area contributed by atoms with E-state index in [1.165, 1.54) is 23.2 Å². The van der Waals surface area contributed by atoms with Crippen molar-refractivity contribution < 1.29 is 4.74 Å². The predicted octanol–water partition coefficient (Wildman–Crippen LogP) is 3.15. The monoisotopic (exact) mass is 290 g/mol. The Morgan fingerprint density at radius 2 is 2.14 bits per heavy atom. The second-order valence-corrected chi connectivity index (χ2v) is 6.63. The van der Waals surface area contributed by atoms with Gasteiger partial charge in [0.15, 0.2) is 0 Å². The zero-order chi connectivity index (χ0) is 15.3. The lowest BCUT2D eigenvalue weighted by atomic mass is 9.86. The molecule has 0 radical (unpaired) electrons. The van der Waals surface area contributed by atoms with Crippen molar-refractivity contribution >= 4 is 5.69 Å². The second kappa shape index (κ2) is 7.28. The van der Waals surface area contributed by atoms with Crippen LogP contribution in [0.25, 0.3) is 0 Å². The number of nitrogens with zero attached hydrogens (tertiary/aromatic N) is 1. The lowest BCUT2D eigenvalue weighted by Gasteiger charge is -2.34. The molecule has 0 amide bonds. The van der Waals surface area contributed by atoms with Gasteiger partial charge in [0, 0.05) is 37.8 Å². The second-order valence-electron chi connectivity index (χ2n) is 6.63. The van der Waals surface area contributed by atoms with Crippen molar-refractivity contribution in [2.24, 2.45) is 5.41 Å². The van der Waals surface area contributed by atoms with Crippen LogP contribution in [0.3, 0.4) is 0 Å². The van der Waals surface area contributed by atoms with E-state index >= 15 is 0 Å². The SMILES string of the molecule is CCCNCC1(CN(C)c2ccc(C)cc2C)CCOC1. The van der Waals surface area contributed by atoms with E-state index in [2.05, 4.69) is 56.2 Å². The van der Waals surface area contributed by atoms with Crippen LogP contribution in [0.2, 0.25) is 0 Å². The van der Waals surface area contributed by atoms with E-state index in [-0.39, 0.29) is 5.41 Å². The van der Waals surface area contributed by atoms with Crippen LogP contribution in [-0.2, 0) is 4.74 Å². The minimum atomic E-state index is 0.251. The summed E-state index contributed by atoms with van der Waals surface area (Å²) in [6, 6.07) is 6.71. The molecule has 1 aromatic rings. The highest BCUT2D eigenvalue weighted by atomic mass is 16.5. The van der Waals surface area contributed by atoms with Crippen LogP contribution in [0.4, 0.5) is 5.69 Å². The van der Waals surface area contributed by atoms with Crippen LogP contribution in [0, 0.1) is 19.3 Å². The maximum atomic E-state index is 5.71. The van der Waals surface area contributed by atoms with Crippen molar-refractivity contribution in [3.05, 3.63) is 29.3 Å². The normalized spacial score (nSPS) is 21.7. The first-order chi connectivity index (χ1) is 10.1. The summed E-state index contributed by atoms with van der Waals surface area (Å²) >= 11 is 0. The third kappa shape index (κ3) is 4.21. The Bertz CT molecular complexity index is 453.